The van der Waals surface area contributed by atoms with E-state index in [1.165, 1.54) is 5.87 Å². The van der Waals surface area contributed by atoms with E-state index in [0.29, 0.717) is 0 Å². The number of benzene rings is 1. The molecule has 1 aromatic carbocycles. The van der Waals surface area contributed by atoms with Gasteiger partial charge in [-0.1, -0.05) is 0 Å². The van der Waals surface area contributed by atoms with Crippen LogP contribution in [0.5, 0.6) is 0 Å². The van der Waals surface area contributed by atoms with Crippen LogP contribution >= 0.6 is 0 Å². The largest absolute Gasteiger partial charge is 0.416 e. The molecule has 0 atom stereocenters. The number of nitro groups is 1. The molecule has 0 aliphatic carbocycles. The van der Waals surface area contributed by atoms with E-state index in [1.807, 2.05) is 5.32 Å². The van der Waals surface area contributed by atoms with Gasteiger partial charge >= 0.3 is 17.8 Å². The topological polar surface area (TPSA) is 96.1 Å². The van der Waals surface area contributed by atoms with Crippen LogP contribution in [0.3, 0.4) is 0 Å². The Labute approximate surface area is 104 Å². The Hall–Kier alpha value is -2.67. The highest BCUT2D eigenvalue weighted by Crippen LogP contribution is 2.29. The monoisotopic (exact) mass is 273 g/mol. The van der Waals surface area contributed by atoms with E-state index in [4.69, 9.17) is 5.41 Å². The third-order valence-electron chi connectivity index (χ3n) is 1.99. The molecule has 9 heteroatoms. The van der Waals surface area contributed by atoms with Gasteiger partial charge in [-0.05, 0) is 24.3 Å². The van der Waals surface area contributed by atoms with Crippen molar-refractivity contribution in [3.63, 3.8) is 0 Å². The van der Waals surface area contributed by atoms with Crippen molar-refractivity contribution in [1.29, 1.82) is 5.41 Å². The number of anilines is 1. The maximum absolute atomic E-state index is 12.3. The Kier molecular flexibility index (Phi) is 4.03. The summed E-state index contributed by atoms with van der Waals surface area (Å²) in [5.41, 5.74) is -2.12. The number of rotatable bonds is 3. The van der Waals surface area contributed by atoms with Crippen molar-refractivity contribution in [2.24, 2.45) is 0 Å². The van der Waals surface area contributed by atoms with Gasteiger partial charge in [0, 0.05) is 5.69 Å². The standard InChI is InChI=1S/C10H6F3N3O3/c11-10(12,13)6-1-3-7(4-2-6)15-9(17)8(5-14)16(18)19/h1-4,14H,(H,15,17). The number of carbonyl (C=O) groups excluding carboxylic acids is 1. The summed E-state index contributed by atoms with van der Waals surface area (Å²) in [6.45, 7) is 0. The average molecular weight is 273 g/mol. The maximum atomic E-state index is 12.3. The first-order chi connectivity index (χ1) is 8.75. The smallest absolute Gasteiger partial charge is 0.316 e. The summed E-state index contributed by atoms with van der Waals surface area (Å²) in [6, 6.07) is 3.33. The van der Waals surface area contributed by atoms with Crippen LogP contribution in [-0.4, -0.2) is 16.7 Å². The average Bonchev–Trinajstić information content (AvgIpc) is 2.28. The van der Waals surface area contributed by atoms with Crippen LogP contribution in [0.1, 0.15) is 5.56 Å². The Morgan fingerprint density at radius 1 is 1.32 bits per heavy atom. The fourth-order valence-electron chi connectivity index (χ4n) is 1.12. The van der Waals surface area contributed by atoms with Gasteiger partial charge in [0.15, 0.2) is 0 Å². The van der Waals surface area contributed by atoms with Gasteiger partial charge in [-0.3, -0.25) is 20.3 Å². The molecule has 0 heterocycles. The second kappa shape index (κ2) is 5.32. The van der Waals surface area contributed by atoms with E-state index in [9.17, 15) is 28.1 Å². The van der Waals surface area contributed by atoms with E-state index in [-0.39, 0.29) is 5.69 Å². The summed E-state index contributed by atoms with van der Waals surface area (Å²) in [6.07, 6.45) is -4.51. The van der Waals surface area contributed by atoms with Crippen LogP contribution in [0.4, 0.5) is 18.9 Å². The van der Waals surface area contributed by atoms with Crippen LogP contribution < -0.4 is 5.32 Å². The Morgan fingerprint density at radius 3 is 2.21 bits per heavy atom. The number of halogens is 3. The molecule has 0 spiro atoms. The lowest BCUT2D eigenvalue weighted by atomic mass is 10.2. The number of carbonyl (C=O) groups is 1. The van der Waals surface area contributed by atoms with E-state index in [1.54, 1.807) is 0 Å². The summed E-state index contributed by atoms with van der Waals surface area (Å²) in [5.74, 6) is 0.0964. The van der Waals surface area contributed by atoms with Crippen molar-refractivity contribution in [3.05, 3.63) is 45.6 Å². The number of alkyl halides is 3. The van der Waals surface area contributed by atoms with Crippen molar-refractivity contribution in [1.82, 2.24) is 0 Å². The summed E-state index contributed by atoms with van der Waals surface area (Å²) < 4.78 is 36.8. The molecule has 100 valence electrons. The minimum absolute atomic E-state index is 0.0624. The van der Waals surface area contributed by atoms with Gasteiger partial charge in [0.1, 0.15) is 0 Å². The highest BCUT2D eigenvalue weighted by atomic mass is 19.4. The molecule has 0 radical (unpaired) electrons. The van der Waals surface area contributed by atoms with Gasteiger partial charge in [0.2, 0.25) is 0 Å². The Balaban J connectivity index is 2.88. The molecule has 1 rings (SSSR count). The van der Waals surface area contributed by atoms with Crippen LogP contribution in [0.15, 0.2) is 30.0 Å². The molecule has 0 saturated heterocycles. The fraction of sp³-hybridized carbons (Fsp3) is 0.100. The van der Waals surface area contributed by atoms with Crippen LogP contribution in [0.2, 0.25) is 0 Å². The molecule has 0 saturated carbocycles. The Morgan fingerprint density at radius 2 is 1.84 bits per heavy atom. The third-order valence-corrected chi connectivity index (χ3v) is 1.99. The van der Waals surface area contributed by atoms with Gasteiger partial charge < -0.3 is 5.32 Å². The van der Waals surface area contributed by atoms with E-state index >= 15 is 0 Å². The van der Waals surface area contributed by atoms with Crippen LogP contribution in [0.25, 0.3) is 0 Å². The van der Waals surface area contributed by atoms with E-state index < -0.39 is 28.3 Å². The minimum atomic E-state index is -4.51. The zero-order valence-electron chi connectivity index (χ0n) is 9.12. The lowest BCUT2D eigenvalue weighted by Crippen LogP contribution is -2.20. The second-order valence-electron chi connectivity index (χ2n) is 3.26. The Bertz CT molecular complexity index is 560. The van der Waals surface area contributed by atoms with Gasteiger partial charge in [-0.15, -0.1) is 0 Å². The third kappa shape index (κ3) is 3.65. The van der Waals surface area contributed by atoms with E-state index in [0.717, 1.165) is 24.3 Å². The quantitative estimate of drug-likeness (QED) is 0.382. The molecular weight excluding hydrogens is 267 g/mol. The lowest BCUT2D eigenvalue weighted by molar-refractivity contribution is -0.415. The summed E-state index contributed by atoms with van der Waals surface area (Å²) >= 11 is 0. The molecule has 0 fully saturated rings. The van der Waals surface area contributed by atoms with Crippen molar-refractivity contribution < 1.29 is 22.9 Å². The van der Waals surface area contributed by atoms with Gasteiger partial charge in [0.25, 0.3) is 0 Å². The first-order valence-corrected chi connectivity index (χ1v) is 4.68. The normalized spacial score (nSPS) is 10.5. The number of hydrogen-bond acceptors (Lipinski definition) is 4. The molecule has 1 aromatic rings. The molecule has 0 bridgehead atoms. The fourth-order valence-corrected chi connectivity index (χ4v) is 1.12. The molecular formula is C10H6F3N3O3. The molecule has 0 unspecified atom stereocenters. The molecule has 0 aliphatic rings. The van der Waals surface area contributed by atoms with Crippen molar-refractivity contribution in [3.8, 4) is 0 Å². The second-order valence-corrected chi connectivity index (χ2v) is 3.26. The summed E-state index contributed by atoms with van der Waals surface area (Å²) in [4.78, 5) is 20.5. The molecule has 6 nitrogen and oxygen atoms in total. The first-order valence-electron chi connectivity index (χ1n) is 4.68. The predicted molar refractivity (Wildman–Crippen MR) is 58.3 cm³/mol. The number of hydrogen-bond donors (Lipinski definition) is 2. The highest BCUT2D eigenvalue weighted by molar-refractivity contribution is 6.06. The predicted octanol–water partition coefficient (Wildman–Crippen LogP) is 2.05. The highest BCUT2D eigenvalue weighted by Gasteiger charge is 2.30. The van der Waals surface area contributed by atoms with Gasteiger partial charge in [-0.2, -0.15) is 13.2 Å². The molecule has 19 heavy (non-hydrogen) atoms. The first kappa shape index (κ1) is 14.4. The van der Waals surface area contributed by atoms with Gasteiger partial charge in [0.05, 0.1) is 16.4 Å². The molecule has 1 amide bonds. The summed E-state index contributed by atoms with van der Waals surface area (Å²) in [7, 11) is 0. The lowest BCUT2D eigenvalue weighted by Gasteiger charge is -2.07. The SMILES string of the molecule is N=C=C(C(=O)Nc1ccc(C(F)(F)F)cc1)[N+](=O)[O-]. The minimum Gasteiger partial charge on any atom is -0.316 e. The van der Waals surface area contributed by atoms with Gasteiger partial charge in [-0.25, -0.2) is 0 Å². The number of nitrogens with one attached hydrogen (secondary N) is 2. The van der Waals surface area contributed by atoms with Crippen LogP contribution in [0, 0.1) is 15.5 Å². The zero-order chi connectivity index (χ0) is 14.6. The molecule has 2 N–H and O–H groups in total. The molecule has 0 aliphatic heterocycles. The number of amides is 1. The zero-order valence-corrected chi connectivity index (χ0v) is 9.12. The summed E-state index contributed by atoms with van der Waals surface area (Å²) in [5, 5.41) is 18.9. The number of nitrogens with zero attached hydrogens (tertiary/aromatic N) is 1. The van der Waals surface area contributed by atoms with E-state index in [2.05, 4.69) is 0 Å². The van der Waals surface area contributed by atoms with Crippen molar-refractivity contribution in [2.45, 2.75) is 6.18 Å². The van der Waals surface area contributed by atoms with Crippen LogP contribution in [-0.2, 0) is 11.0 Å². The maximum Gasteiger partial charge on any atom is 0.416 e. The van der Waals surface area contributed by atoms with Crippen molar-refractivity contribution >= 4 is 17.5 Å². The van der Waals surface area contributed by atoms with Crippen molar-refractivity contribution in [2.75, 3.05) is 5.32 Å². The molecule has 0 aromatic heterocycles.